The molecule has 1 N–H and O–H groups in total. The van der Waals surface area contributed by atoms with E-state index in [1.54, 1.807) is 24.3 Å². The summed E-state index contributed by atoms with van der Waals surface area (Å²) in [5.74, 6) is -2.06. The van der Waals surface area contributed by atoms with Gasteiger partial charge in [-0.2, -0.15) is 0 Å². The third-order valence-electron chi connectivity index (χ3n) is 3.31. The maximum Gasteiger partial charge on any atom is 0.217 e. The van der Waals surface area contributed by atoms with Gasteiger partial charge in [-0.05, 0) is 24.3 Å². The standard InChI is InChI=1S/C15H12F2N2O3S/c16-12-5-3-6-13(17)11(12)8-18-23(20,21)9-14-10-4-1-2-7-15(10)22-19-14/h1-7,18H,8-9H2. The molecule has 0 bridgehead atoms. The van der Waals surface area contributed by atoms with Crippen LogP contribution in [0.2, 0.25) is 0 Å². The van der Waals surface area contributed by atoms with Crippen molar-refractivity contribution in [2.24, 2.45) is 0 Å². The van der Waals surface area contributed by atoms with Gasteiger partial charge >= 0.3 is 0 Å². The van der Waals surface area contributed by atoms with Crippen LogP contribution in [0, 0.1) is 11.6 Å². The molecule has 2 aromatic carbocycles. The van der Waals surface area contributed by atoms with Gasteiger partial charge in [0.2, 0.25) is 10.0 Å². The Balaban J connectivity index is 1.77. The summed E-state index contributed by atoms with van der Waals surface area (Å²) in [4.78, 5) is 0. The Hall–Kier alpha value is -2.32. The number of halogens is 2. The Labute approximate surface area is 131 Å². The fourth-order valence-electron chi connectivity index (χ4n) is 2.16. The molecule has 8 heteroatoms. The Morgan fingerprint density at radius 3 is 2.48 bits per heavy atom. The molecule has 0 atom stereocenters. The van der Waals surface area contributed by atoms with Crippen molar-refractivity contribution >= 4 is 21.0 Å². The van der Waals surface area contributed by atoms with Crippen LogP contribution in [0.15, 0.2) is 47.0 Å². The van der Waals surface area contributed by atoms with Gasteiger partial charge < -0.3 is 4.52 Å². The second-order valence-electron chi connectivity index (χ2n) is 4.91. The maximum absolute atomic E-state index is 13.5. The Morgan fingerprint density at radius 1 is 1.04 bits per heavy atom. The molecule has 23 heavy (non-hydrogen) atoms. The van der Waals surface area contributed by atoms with E-state index in [2.05, 4.69) is 9.88 Å². The largest absolute Gasteiger partial charge is 0.356 e. The van der Waals surface area contributed by atoms with E-state index in [1.807, 2.05) is 0 Å². The molecule has 0 saturated carbocycles. The molecule has 120 valence electrons. The van der Waals surface area contributed by atoms with Crippen LogP contribution in [-0.4, -0.2) is 13.6 Å². The number of nitrogens with one attached hydrogen (secondary N) is 1. The van der Waals surface area contributed by atoms with Gasteiger partial charge in [0.25, 0.3) is 0 Å². The van der Waals surface area contributed by atoms with Crippen LogP contribution in [0.5, 0.6) is 0 Å². The highest BCUT2D eigenvalue weighted by molar-refractivity contribution is 7.88. The summed E-state index contributed by atoms with van der Waals surface area (Å²) in [7, 11) is -3.83. The lowest BCUT2D eigenvalue weighted by atomic mass is 10.2. The van der Waals surface area contributed by atoms with E-state index < -0.39 is 34.0 Å². The molecule has 0 spiro atoms. The van der Waals surface area contributed by atoms with Crippen molar-refractivity contribution in [2.75, 3.05) is 0 Å². The van der Waals surface area contributed by atoms with Crippen molar-refractivity contribution in [1.82, 2.24) is 9.88 Å². The van der Waals surface area contributed by atoms with Crippen molar-refractivity contribution in [1.29, 1.82) is 0 Å². The van der Waals surface area contributed by atoms with Crippen LogP contribution < -0.4 is 4.72 Å². The second-order valence-corrected chi connectivity index (χ2v) is 6.71. The first kappa shape index (κ1) is 15.6. The third-order valence-corrected chi connectivity index (χ3v) is 4.55. The van der Waals surface area contributed by atoms with Gasteiger partial charge in [0.05, 0.1) is 0 Å². The molecule has 0 aliphatic rings. The predicted octanol–water partition coefficient (Wildman–Crippen LogP) is 2.73. The summed E-state index contributed by atoms with van der Waals surface area (Å²) in [5.41, 5.74) is 0.376. The summed E-state index contributed by atoms with van der Waals surface area (Å²) < 4.78 is 58.4. The quantitative estimate of drug-likeness (QED) is 0.776. The number of aromatic nitrogens is 1. The molecule has 3 rings (SSSR count). The van der Waals surface area contributed by atoms with E-state index in [0.717, 1.165) is 12.1 Å². The highest BCUT2D eigenvalue weighted by Gasteiger charge is 2.18. The van der Waals surface area contributed by atoms with Gasteiger partial charge in [-0.1, -0.05) is 23.4 Å². The van der Waals surface area contributed by atoms with Gasteiger partial charge in [-0.15, -0.1) is 0 Å². The third kappa shape index (κ3) is 3.38. The van der Waals surface area contributed by atoms with Crippen LogP contribution in [0.25, 0.3) is 11.0 Å². The topological polar surface area (TPSA) is 72.2 Å². The molecule has 0 radical (unpaired) electrons. The van der Waals surface area contributed by atoms with E-state index in [1.165, 1.54) is 6.07 Å². The minimum atomic E-state index is -3.83. The highest BCUT2D eigenvalue weighted by Crippen LogP contribution is 2.19. The van der Waals surface area contributed by atoms with Crippen molar-refractivity contribution < 1.29 is 21.7 Å². The van der Waals surface area contributed by atoms with Crippen LogP contribution in [-0.2, 0) is 22.3 Å². The molecule has 1 aromatic heterocycles. The van der Waals surface area contributed by atoms with E-state index in [0.29, 0.717) is 11.0 Å². The SMILES string of the molecule is O=S(=O)(Cc1noc2ccccc12)NCc1c(F)cccc1F. The van der Waals surface area contributed by atoms with Crippen molar-refractivity contribution in [3.05, 3.63) is 65.4 Å². The molecule has 5 nitrogen and oxygen atoms in total. The molecule has 0 aliphatic carbocycles. The summed E-state index contributed by atoms with van der Waals surface area (Å²) in [5, 5.41) is 4.31. The molecule has 0 saturated heterocycles. The molecule has 3 aromatic rings. The monoisotopic (exact) mass is 338 g/mol. The predicted molar refractivity (Wildman–Crippen MR) is 79.8 cm³/mol. The normalized spacial score (nSPS) is 11.9. The Morgan fingerprint density at radius 2 is 1.74 bits per heavy atom. The average molecular weight is 338 g/mol. The summed E-state index contributed by atoms with van der Waals surface area (Å²) in [6.45, 7) is -0.476. The fraction of sp³-hybridized carbons (Fsp3) is 0.133. The number of hydrogen-bond donors (Lipinski definition) is 1. The van der Waals surface area contributed by atoms with E-state index in [-0.39, 0.29) is 11.3 Å². The van der Waals surface area contributed by atoms with Crippen LogP contribution >= 0.6 is 0 Å². The number of nitrogens with zero attached hydrogens (tertiary/aromatic N) is 1. The lowest BCUT2D eigenvalue weighted by Crippen LogP contribution is -2.25. The first-order valence-electron chi connectivity index (χ1n) is 6.70. The number of para-hydroxylation sites is 1. The number of sulfonamides is 1. The highest BCUT2D eigenvalue weighted by atomic mass is 32.2. The molecule has 0 fully saturated rings. The van der Waals surface area contributed by atoms with E-state index in [9.17, 15) is 17.2 Å². The molecule has 0 unspecified atom stereocenters. The van der Waals surface area contributed by atoms with Crippen LogP contribution in [0.4, 0.5) is 8.78 Å². The first-order chi connectivity index (χ1) is 11.0. The van der Waals surface area contributed by atoms with Gasteiger partial charge in [-0.3, -0.25) is 0 Å². The van der Waals surface area contributed by atoms with E-state index >= 15 is 0 Å². The van der Waals surface area contributed by atoms with Crippen molar-refractivity contribution in [3.8, 4) is 0 Å². The number of fused-ring (bicyclic) bond motifs is 1. The molecule has 0 amide bonds. The summed E-state index contributed by atoms with van der Waals surface area (Å²) in [6.07, 6.45) is 0. The first-order valence-corrected chi connectivity index (χ1v) is 8.35. The minimum Gasteiger partial charge on any atom is -0.356 e. The van der Waals surface area contributed by atoms with Crippen LogP contribution in [0.3, 0.4) is 0 Å². The fourth-order valence-corrected chi connectivity index (χ4v) is 3.19. The molecule has 1 heterocycles. The summed E-state index contributed by atoms with van der Waals surface area (Å²) >= 11 is 0. The molecular weight excluding hydrogens is 326 g/mol. The van der Waals surface area contributed by atoms with E-state index in [4.69, 9.17) is 4.52 Å². The number of rotatable bonds is 5. The number of benzene rings is 2. The maximum atomic E-state index is 13.5. The average Bonchev–Trinajstić information content (AvgIpc) is 2.89. The van der Waals surface area contributed by atoms with Crippen molar-refractivity contribution in [3.63, 3.8) is 0 Å². The van der Waals surface area contributed by atoms with Gasteiger partial charge in [0.1, 0.15) is 23.1 Å². The van der Waals surface area contributed by atoms with Gasteiger partial charge in [-0.25, -0.2) is 21.9 Å². The van der Waals surface area contributed by atoms with Crippen LogP contribution in [0.1, 0.15) is 11.3 Å². The zero-order valence-corrected chi connectivity index (χ0v) is 12.6. The van der Waals surface area contributed by atoms with Gasteiger partial charge in [0, 0.05) is 17.5 Å². The smallest absolute Gasteiger partial charge is 0.217 e. The zero-order chi connectivity index (χ0) is 16.4. The second kappa shape index (κ2) is 6.05. The van der Waals surface area contributed by atoms with Gasteiger partial charge in [0.15, 0.2) is 5.58 Å². The number of hydrogen-bond acceptors (Lipinski definition) is 4. The van der Waals surface area contributed by atoms with Crippen molar-refractivity contribution in [2.45, 2.75) is 12.3 Å². The minimum absolute atomic E-state index is 0.238. The lowest BCUT2D eigenvalue weighted by Gasteiger charge is -2.07. The zero-order valence-electron chi connectivity index (χ0n) is 11.8. The summed E-state index contributed by atoms with van der Waals surface area (Å²) in [6, 6.07) is 10.2. The Bertz CT molecular complexity index is 934. The lowest BCUT2D eigenvalue weighted by molar-refractivity contribution is 0.448. The molecular formula is C15H12F2N2O3S. The Kier molecular flexibility index (Phi) is 4.10. The molecule has 0 aliphatic heterocycles.